The number of hydrogen-bond acceptors (Lipinski definition) is 2. The van der Waals surface area contributed by atoms with Crippen LogP contribution in [0.25, 0.3) is 0 Å². The summed E-state index contributed by atoms with van der Waals surface area (Å²) in [4.78, 5) is 18.0. The molecule has 4 nitrogen and oxygen atoms in total. The quantitative estimate of drug-likeness (QED) is 0.238. The van der Waals surface area contributed by atoms with E-state index in [9.17, 15) is 0 Å². The second-order valence-electron chi connectivity index (χ2n) is 13.5. The molecule has 0 radical (unpaired) electrons. The summed E-state index contributed by atoms with van der Waals surface area (Å²) in [5, 5.41) is 16.4. The zero-order chi connectivity index (χ0) is 29.1. The maximum absolute atomic E-state index is 9.00. The van der Waals surface area contributed by atoms with Crippen molar-refractivity contribution in [2.75, 3.05) is 12.3 Å². The summed E-state index contributed by atoms with van der Waals surface area (Å²) in [6.07, 6.45) is 4.02. The molecule has 0 aliphatic rings. The molecule has 0 atom stereocenters. The van der Waals surface area contributed by atoms with Crippen LogP contribution in [-0.4, -0.2) is 55.1 Å². The van der Waals surface area contributed by atoms with Gasteiger partial charge in [-0.1, -0.05) is 129 Å². The van der Waals surface area contributed by atoms with Gasteiger partial charge < -0.3 is 10.2 Å². The molecule has 0 aliphatic heterocycles. The molecular weight excluding hydrogens is 593 g/mol. The normalized spacial score (nSPS) is 12.2. The molecule has 0 amide bonds. The topological polar surface area (TPSA) is 74.6 Å². The van der Waals surface area contributed by atoms with E-state index in [0.29, 0.717) is 20.6 Å². The third-order valence-electron chi connectivity index (χ3n) is 5.49. The molecule has 0 spiro atoms. The minimum Gasteiger partial charge on any atom is -0.481 e. The van der Waals surface area contributed by atoms with Crippen molar-refractivity contribution in [2.45, 2.75) is 124 Å². The Morgan fingerprint density at radius 3 is 1.11 bits per heavy atom. The van der Waals surface area contributed by atoms with E-state index in [1.807, 2.05) is 0 Å². The summed E-state index contributed by atoms with van der Waals surface area (Å²) in [6, 6.07) is 11.2. The van der Waals surface area contributed by atoms with Crippen LogP contribution in [0.15, 0.2) is 30.3 Å². The van der Waals surface area contributed by atoms with Gasteiger partial charge >= 0.3 is 0 Å². The Labute approximate surface area is 245 Å². The molecule has 0 saturated heterocycles. The van der Waals surface area contributed by atoms with Crippen molar-refractivity contribution in [3.63, 3.8) is 0 Å². The van der Waals surface area contributed by atoms with E-state index in [0.717, 1.165) is 19.8 Å². The van der Waals surface area contributed by atoms with Crippen LogP contribution in [0.1, 0.15) is 102 Å². The van der Waals surface area contributed by atoms with Gasteiger partial charge in [-0.3, -0.25) is 9.59 Å². The maximum Gasteiger partial charge on any atom is 0.300 e. The number of rotatable bonds is 6. The molecule has 1 aromatic rings. The third-order valence-corrected chi connectivity index (χ3v) is 13.7. The van der Waals surface area contributed by atoms with Crippen molar-refractivity contribution >= 4 is 27.8 Å². The van der Waals surface area contributed by atoms with Crippen molar-refractivity contribution in [3.05, 3.63) is 35.9 Å². The SMILES string of the molecule is CC(=O)O.CC(=O)O.CC(C)(C)P(CC(Cc1ccccc1)CP(C(C)(C)C)C(C)(C)C)C(C)(C)C.[Pd]. The second kappa shape index (κ2) is 17.4. The summed E-state index contributed by atoms with van der Waals surface area (Å²) in [7, 11) is -0.141. The van der Waals surface area contributed by atoms with Crippen LogP contribution >= 0.6 is 15.8 Å². The van der Waals surface area contributed by atoms with Crippen molar-refractivity contribution in [2.24, 2.45) is 5.92 Å². The number of benzene rings is 1. The molecule has 0 aromatic heterocycles. The summed E-state index contributed by atoms with van der Waals surface area (Å²) in [6.45, 7) is 31.8. The fraction of sp³-hybridized carbons (Fsp3) is 0.733. The van der Waals surface area contributed by atoms with Crippen LogP contribution in [0.3, 0.4) is 0 Å². The zero-order valence-corrected chi connectivity index (χ0v) is 29.4. The van der Waals surface area contributed by atoms with Crippen LogP contribution in [0.4, 0.5) is 0 Å². The fourth-order valence-electron chi connectivity index (χ4n) is 4.76. The summed E-state index contributed by atoms with van der Waals surface area (Å²) in [5.41, 5.74) is 1.52. The number of carboxylic acid groups (broad SMARTS) is 2. The van der Waals surface area contributed by atoms with E-state index in [-0.39, 0.29) is 36.3 Å². The van der Waals surface area contributed by atoms with E-state index in [1.165, 1.54) is 24.3 Å². The van der Waals surface area contributed by atoms with Gasteiger partial charge in [0.15, 0.2) is 0 Å². The first kappa shape index (κ1) is 41.2. The Bertz CT molecular complexity index is 688. The van der Waals surface area contributed by atoms with Gasteiger partial charge in [0.1, 0.15) is 0 Å². The number of carboxylic acids is 2. The van der Waals surface area contributed by atoms with Crippen LogP contribution < -0.4 is 0 Å². The van der Waals surface area contributed by atoms with Crippen LogP contribution in [0.5, 0.6) is 0 Å². The molecule has 220 valence electrons. The molecule has 0 aliphatic carbocycles. The Hall–Kier alpha value is -0.318. The minimum absolute atomic E-state index is 0. The maximum atomic E-state index is 9.00. The van der Waals surface area contributed by atoms with Gasteiger partial charge in [0.2, 0.25) is 0 Å². The molecule has 1 aromatic carbocycles. The van der Waals surface area contributed by atoms with Gasteiger partial charge in [-0.25, -0.2) is 0 Å². The van der Waals surface area contributed by atoms with Crippen LogP contribution in [-0.2, 0) is 36.4 Å². The monoisotopic (exact) mass is 648 g/mol. The van der Waals surface area contributed by atoms with E-state index in [1.54, 1.807) is 0 Å². The predicted molar refractivity (Wildman–Crippen MR) is 163 cm³/mol. The van der Waals surface area contributed by atoms with Gasteiger partial charge in [0.05, 0.1) is 0 Å². The predicted octanol–water partition coefficient (Wildman–Crippen LogP) is 9.18. The Morgan fingerprint density at radius 1 is 0.649 bits per heavy atom. The van der Waals surface area contributed by atoms with Crippen LogP contribution in [0.2, 0.25) is 0 Å². The van der Waals surface area contributed by atoms with E-state index < -0.39 is 11.9 Å². The first-order valence-electron chi connectivity index (χ1n) is 12.9. The van der Waals surface area contributed by atoms with Crippen molar-refractivity contribution in [1.29, 1.82) is 0 Å². The largest absolute Gasteiger partial charge is 0.481 e. The molecule has 0 heterocycles. The van der Waals surface area contributed by atoms with E-state index in [2.05, 4.69) is 113 Å². The van der Waals surface area contributed by atoms with Gasteiger partial charge in [0.25, 0.3) is 11.9 Å². The molecule has 0 saturated carbocycles. The molecular formula is C30H56O4P2Pd. The first-order chi connectivity index (χ1) is 15.9. The second-order valence-corrected chi connectivity index (χ2v) is 21.3. The van der Waals surface area contributed by atoms with E-state index in [4.69, 9.17) is 19.8 Å². The fourth-order valence-corrected chi connectivity index (χ4v) is 12.7. The zero-order valence-electron chi connectivity index (χ0n) is 26.0. The third kappa shape index (κ3) is 21.2. The van der Waals surface area contributed by atoms with Crippen molar-refractivity contribution in [3.8, 4) is 0 Å². The minimum atomic E-state index is -0.833. The average molecular weight is 649 g/mol. The Morgan fingerprint density at radius 2 is 0.892 bits per heavy atom. The summed E-state index contributed by atoms with van der Waals surface area (Å²) < 4.78 is 0. The average Bonchev–Trinajstić information content (AvgIpc) is 2.59. The Balaban J connectivity index is -0.00000112. The number of hydrogen-bond donors (Lipinski definition) is 2. The molecule has 0 fully saturated rings. The molecule has 7 heteroatoms. The standard InChI is InChI=1S/C26H48P2.2C2H4O2.Pd/c1-23(2,3)27(24(4,5)6)19-22(18-21-16-14-13-15-17-21)20-28(25(7,8)9)26(10,11)12;2*1-2(3)4;/h13-17,22H,18-20H2,1-12H3;2*1H3,(H,3,4);. The van der Waals surface area contributed by atoms with Gasteiger partial charge in [0, 0.05) is 34.3 Å². The van der Waals surface area contributed by atoms with Crippen LogP contribution in [0, 0.1) is 5.92 Å². The first-order valence-corrected chi connectivity index (χ1v) is 15.9. The van der Waals surface area contributed by atoms with Gasteiger partial charge in [-0.2, -0.15) is 0 Å². The van der Waals surface area contributed by atoms with Crippen molar-refractivity contribution in [1.82, 2.24) is 0 Å². The molecule has 1 rings (SSSR count). The molecule has 37 heavy (non-hydrogen) atoms. The van der Waals surface area contributed by atoms with E-state index >= 15 is 0 Å². The molecule has 0 unspecified atom stereocenters. The Kier molecular flexibility index (Phi) is 19.3. The number of aliphatic carboxylic acids is 2. The number of carbonyl (C=O) groups is 2. The molecule has 0 bridgehead atoms. The molecule has 2 N–H and O–H groups in total. The van der Waals surface area contributed by atoms with Crippen molar-refractivity contribution < 1.29 is 40.2 Å². The smallest absolute Gasteiger partial charge is 0.300 e. The summed E-state index contributed by atoms with van der Waals surface area (Å²) >= 11 is 0. The van der Waals surface area contributed by atoms with Gasteiger partial charge in [-0.05, 0) is 50.9 Å². The van der Waals surface area contributed by atoms with Gasteiger partial charge in [-0.15, -0.1) is 0 Å². The summed E-state index contributed by atoms with van der Waals surface area (Å²) in [5.74, 6) is -0.892.